The molecule has 0 bridgehead atoms. The third-order valence-electron chi connectivity index (χ3n) is 2.11. The van der Waals surface area contributed by atoms with Crippen LogP contribution in [0.4, 0.5) is 5.69 Å². The Morgan fingerprint density at radius 3 is 2.73 bits per heavy atom. The SMILES string of the molecule is COCCN(C)Cc1cc(N)cc(Cl)c1. The summed E-state index contributed by atoms with van der Waals surface area (Å²) in [6.07, 6.45) is 0. The average Bonchev–Trinajstić information content (AvgIpc) is 2.13. The summed E-state index contributed by atoms with van der Waals surface area (Å²) in [6.45, 7) is 2.45. The van der Waals surface area contributed by atoms with Crippen LogP contribution in [-0.2, 0) is 11.3 Å². The van der Waals surface area contributed by atoms with Crippen molar-refractivity contribution in [2.75, 3.05) is 33.0 Å². The van der Waals surface area contributed by atoms with Crippen molar-refractivity contribution in [2.24, 2.45) is 0 Å². The largest absolute Gasteiger partial charge is 0.399 e. The van der Waals surface area contributed by atoms with Crippen molar-refractivity contribution >= 4 is 17.3 Å². The lowest BCUT2D eigenvalue weighted by molar-refractivity contribution is 0.158. The number of nitrogens with zero attached hydrogens (tertiary/aromatic N) is 1. The number of hydrogen-bond donors (Lipinski definition) is 1. The van der Waals surface area contributed by atoms with Crippen LogP contribution >= 0.6 is 11.6 Å². The fourth-order valence-electron chi connectivity index (χ4n) is 1.40. The van der Waals surface area contributed by atoms with E-state index in [-0.39, 0.29) is 0 Å². The van der Waals surface area contributed by atoms with Crippen LogP contribution in [0.2, 0.25) is 5.02 Å². The number of benzene rings is 1. The van der Waals surface area contributed by atoms with Gasteiger partial charge in [-0.3, -0.25) is 4.90 Å². The van der Waals surface area contributed by atoms with Gasteiger partial charge in [-0.05, 0) is 30.8 Å². The highest BCUT2D eigenvalue weighted by atomic mass is 35.5. The smallest absolute Gasteiger partial charge is 0.0589 e. The number of nitrogen functional groups attached to an aromatic ring is 1. The van der Waals surface area contributed by atoms with Gasteiger partial charge in [-0.2, -0.15) is 0 Å². The highest BCUT2D eigenvalue weighted by Crippen LogP contribution is 2.17. The Bertz CT molecular complexity index is 297. The highest BCUT2D eigenvalue weighted by molar-refractivity contribution is 6.30. The molecule has 3 nitrogen and oxygen atoms in total. The summed E-state index contributed by atoms with van der Waals surface area (Å²) in [5.74, 6) is 0. The molecule has 4 heteroatoms. The number of methoxy groups -OCH3 is 1. The number of likely N-dealkylation sites (N-methyl/N-ethyl adjacent to an activating group) is 1. The van der Waals surface area contributed by atoms with E-state index in [1.54, 1.807) is 13.2 Å². The van der Waals surface area contributed by atoms with Crippen molar-refractivity contribution < 1.29 is 4.74 Å². The van der Waals surface area contributed by atoms with Crippen molar-refractivity contribution in [2.45, 2.75) is 6.54 Å². The van der Waals surface area contributed by atoms with E-state index in [0.717, 1.165) is 25.3 Å². The molecule has 0 aliphatic rings. The maximum atomic E-state index is 5.91. The van der Waals surface area contributed by atoms with Crippen LogP contribution in [0, 0.1) is 0 Å². The summed E-state index contributed by atoms with van der Waals surface area (Å²) in [7, 11) is 3.74. The van der Waals surface area contributed by atoms with E-state index in [1.165, 1.54) is 0 Å². The number of anilines is 1. The third kappa shape index (κ3) is 4.51. The molecule has 0 radical (unpaired) electrons. The summed E-state index contributed by atoms with van der Waals surface area (Å²) >= 11 is 5.91. The summed E-state index contributed by atoms with van der Waals surface area (Å²) in [6, 6.07) is 5.62. The monoisotopic (exact) mass is 228 g/mol. The molecule has 0 atom stereocenters. The molecule has 0 aliphatic carbocycles. The zero-order chi connectivity index (χ0) is 11.3. The van der Waals surface area contributed by atoms with Crippen molar-refractivity contribution in [3.63, 3.8) is 0 Å². The molecule has 0 saturated heterocycles. The molecule has 84 valence electrons. The Morgan fingerprint density at radius 1 is 1.40 bits per heavy atom. The summed E-state index contributed by atoms with van der Waals surface area (Å²) in [5, 5.41) is 0.685. The predicted octanol–water partition coefficient (Wildman–Crippen LogP) is 2.00. The second-order valence-electron chi connectivity index (χ2n) is 3.62. The Labute approximate surface area is 95.8 Å². The van der Waals surface area contributed by atoms with Crippen LogP contribution in [0.1, 0.15) is 5.56 Å². The zero-order valence-electron chi connectivity index (χ0n) is 9.16. The molecular formula is C11H17ClN2O. The minimum Gasteiger partial charge on any atom is -0.399 e. The van der Waals surface area contributed by atoms with Crippen molar-refractivity contribution in [3.8, 4) is 0 Å². The number of hydrogen-bond acceptors (Lipinski definition) is 3. The lowest BCUT2D eigenvalue weighted by atomic mass is 10.2. The molecule has 0 unspecified atom stereocenters. The van der Waals surface area contributed by atoms with Crippen molar-refractivity contribution in [1.82, 2.24) is 4.90 Å². The van der Waals surface area contributed by atoms with Crippen molar-refractivity contribution in [3.05, 3.63) is 28.8 Å². The Morgan fingerprint density at radius 2 is 2.13 bits per heavy atom. The molecule has 0 heterocycles. The van der Waals surface area contributed by atoms with E-state index in [1.807, 2.05) is 19.2 Å². The van der Waals surface area contributed by atoms with E-state index in [4.69, 9.17) is 22.1 Å². The van der Waals surface area contributed by atoms with E-state index in [9.17, 15) is 0 Å². The quantitative estimate of drug-likeness (QED) is 0.784. The van der Waals surface area contributed by atoms with Gasteiger partial charge in [-0.25, -0.2) is 0 Å². The Kier molecular flexibility index (Phi) is 4.88. The van der Waals surface area contributed by atoms with Gasteiger partial charge in [-0.1, -0.05) is 11.6 Å². The second kappa shape index (κ2) is 5.95. The summed E-state index contributed by atoms with van der Waals surface area (Å²) in [5.41, 5.74) is 7.54. The lowest BCUT2D eigenvalue weighted by Gasteiger charge is -2.16. The maximum Gasteiger partial charge on any atom is 0.0589 e. The molecule has 0 fully saturated rings. The van der Waals surface area contributed by atoms with Gasteiger partial charge < -0.3 is 10.5 Å². The number of halogens is 1. The van der Waals surface area contributed by atoms with Crippen LogP contribution in [-0.4, -0.2) is 32.2 Å². The van der Waals surface area contributed by atoms with E-state index in [2.05, 4.69) is 4.90 Å². The number of nitrogens with two attached hydrogens (primary N) is 1. The first-order chi connectivity index (χ1) is 7.11. The second-order valence-corrected chi connectivity index (χ2v) is 4.06. The molecule has 1 aromatic rings. The highest BCUT2D eigenvalue weighted by Gasteiger charge is 2.02. The van der Waals surface area contributed by atoms with Gasteiger partial charge in [0.1, 0.15) is 0 Å². The van der Waals surface area contributed by atoms with Gasteiger partial charge in [0.05, 0.1) is 6.61 Å². The number of ether oxygens (including phenoxy) is 1. The molecule has 0 spiro atoms. The van der Waals surface area contributed by atoms with E-state index >= 15 is 0 Å². The van der Waals surface area contributed by atoms with Crippen LogP contribution in [0.5, 0.6) is 0 Å². The topological polar surface area (TPSA) is 38.5 Å². The Hall–Kier alpha value is -0.770. The van der Waals surface area contributed by atoms with Crippen LogP contribution in [0.3, 0.4) is 0 Å². The van der Waals surface area contributed by atoms with Gasteiger partial charge in [0.25, 0.3) is 0 Å². The molecule has 1 aromatic carbocycles. The fraction of sp³-hybridized carbons (Fsp3) is 0.455. The molecule has 2 N–H and O–H groups in total. The van der Waals surface area contributed by atoms with E-state index < -0.39 is 0 Å². The lowest BCUT2D eigenvalue weighted by Crippen LogP contribution is -2.22. The molecule has 0 amide bonds. The van der Waals surface area contributed by atoms with Gasteiger partial charge in [0.2, 0.25) is 0 Å². The Balaban J connectivity index is 2.56. The normalized spacial score (nSPS) is 10.9. The molecular weight excluding hydrogens is 212 g/mol. The summed E-state index contributed by atoms with van der Waals surface area (Å²) < 4.78 is 5.01. The molecule has 0 saturated carbocycles. The minimum absolute atomic E-state index is 0.685. The summed E-state index contributed by atoms with van der Waals surface area (Å²) in [4.78, 5) is 2.16. The minimum atomic E-state index is 0.685. The molecule has 1 rings (SSSR count). The maximum absolute atomic E-state index is 5.91. The first kappa shape index (κ1) is 12.3. The molecule has 0 aromatic heterocycles. The third-order valence-corrected chi connectivity index (χ3v) is 2.33. The van der Waals surface area contributed by atoms with Crippen LogP contribution in [0.15, 0.2) is 18.2 Å². The van der Waals surface area contributed by atoms with Gasteiger partial charge in [0.15, 0.2) is 0 Å². The standard InChI is InChI=1S/C11H17ClN2O/c1-14(3-4-15-2)8-9-5-10(12)7-11(13)6-9/h5-7H,3-4,8,13H2,1-2H3. The van der Waals surface area contributed by atoms with Gasteiger partial charge in [-0.15, -0.1) is 0 Å². The predicted molar refractivity (Wildman–Crippen MR) is 64.1 cm³/mol. The first-order valence-corrected chi connectivity index (χ1v) is 5.22. The van der Waals surface area contributed by atoms with Crippen molar-refractivity contribution in [1.29, 1.82) is 0 Å². The number of rotatable bonds is 5. The molecule has 0 aliphatic heterocycles. The molecule has 15 heavy (non-hydrogen) atoms. The van der Waals surface area contributed by atoms with E-state index in [0.29, 0.717) is 10.7 Å². The van der Waals surface area contributed by atoms with Gasteiger partial charge in [0, 0.05) is 30.9 Å². The van der Waals surface area contributed by atoms with Gasteiger partial charge >= 0.3 is 0 Å². The first-order valence-electron chi connectivity index (χ1n) is 4.84. The zero-order valence-corrected chi connectivity index (χ0v) is 9.92. The van der Waals surface area contributed by atoms with Crippen LogP contribution in [0.25, 0.3) is 0 Å². The average molecular weight is 229 g/mol. The fourth-order valence-corrected chi connectivity index (χ4v) is 1.67. The van der Waals surface area contributed by atoms with Crippen LogP contribution < -0.4 is 5.73 Å².